The smallest absolute Gasteiger partial charge is 0.196 e. The van der Waals surface area contributed by atoms with Gasteiger partial charge in [0.1, 0.15) is 0 Å². The normalized spacial score (nSPS) is 12.4. The Labute approximate surface area is 176 Å². The molecule has 0 atom stereocenters. The van der Waals surface area contributed by atoms with Crippen LogP contribution in [-0.4, -0.2) is 30.3 Å². The molecule has 0 amide bonds. The van der Waals surface area contributed by atoms with Gasteiger partial charge in [0.25, 0.3) is 0 Å². The van der Waals surface area contributed by atoms with Gasteiger partial charge in [-0.2, -0.15) is 0 Å². The molecule has 0 spiro atoms. The maximum atomic E-state index is 13.3. The number of carbonyl (C=O) groups is 2. The maximum Gasteiger partial charge on any atom is 0.196 e. The first-order chi connectivity index (χ1) is 14.0. The fraction of sp³-hybridized carbons (Fsp3) is 0.130. The van der Waals surface area contributed by atoms with Crippen LogP contribution in [0.3, 0.4) is 0 Å². The fourth-order valence-corrected chi connectivity index (χ4v) is 4.27. The van der Waals surface area contributed by atoms with Crippen LogP contribution in [0.2, 0.25) is 0 Å². The molecule has 0 saturated heterocycles. The minimum Gasteiger partial charge on any atom is -0.396 e. The number of rotatable bonds is 5. The molecule has 0 heterocycles. The van der Waals surface area contributed by atoms with Gasteiger partial charge >= 0.3 is 0 Å². The number of fused-ring (bicyclic) bond motifs is 2. The number of anilines is 3. The molecule has 0 radical (unpaired) electrons. The monoisotopic (exact) mass is 450 g/mol. The first-order valence-electron chi connectivity index (χ1n) is 9.24. The zero-order chi connectivity index (χ0) is 20.5. The van der Waals surface area contributed by atoms with Crippen LogP contribution >= 0.6 is 15.9 Å². The van der Waals surface area contributed by atoms with Gasteiger partial charge in [0.05, 0.1) is 22.5 Å². The van der Waals surface area contributed by atoms with Crippen LogP contribution in [0, 0.1) is 0 Å². The Kier molecular flexibility index (Phi) is 5.22. The molecule has 3 aromatic carbocycles. The Bertz CT molecular complexity index is 1120. The second kappa shape index (κ2) is 7.81. The molecule has 1 aliphatic carbocycles. The third-order valence-electron chi connectivity index (χ3n) is 5.03. The van der Waals surface area contributed by atoms with Gasteiger partial charge in [0, 0.05) is 34.9 Å². The molecule has 6 heteroatoms. The van der Waals surface area contributed by atoms with E-state index in [4.69, 9.17) is 5.11 Å². The van der Waals surface area contributed by atoms with Crippen LogP contribution in [-0.2, 0) is 6.42 Å². The summed E-state index contributed by atoms with van der Waals surface area (Å²) in [6.45, 7) is 0.0920. The number of hydrogen-bond donors (Lipinski definition) is 3. The predicted octanol–water partition coefficient (Wildman–Crippen LogP) is 4.54. The fourth-order valence-electron chi connectivity index (χ4n) is 3.64. The lowest BCUT2D eigenvalue weighted by Gasteiger charge is -2.24. The van der Waals surface area contributed by atoms with Gasteiger partial charge in [-0.3, -0.25) is 9.59 Å². The highest BCUT2D eigenvalue weighted by Crippen LogP contribution is 2.41. The van der Waals surface area contributed by atoms with Crippen LogP contribution in [0.1, 0.15) is 37.4 Å². The van der Waals surface area contributed by atoms with Crippen LogP contribution in [0.25, 0.3) is 0 Å². The Hall–Kier alpha value is -2.96. The molecule has 0 unspecified atom stereocenters. The molecule has 29 heavy (non-hydrogen) atoms. The molecular formula is C23H19BrN2O3. The molecule has 4 rings (SSSR count). The van der Waals surface area contributed by atoms with Crippen molar-refractivity contribution in [3.63, 3.8) is 0 Å². The SMILES string of the molecule is CNc1c(Br)cc(Nc2ccc(CCO)cc2)c2c1C(=O)c1ccccc1C2=O. The van der Waals surface area contributed by atoms with Gasteiger partial charge in [0.2, 0.25) is 0 Å². The summed E-state index contributed by atoms with van der Waals surface area (Å²) < 4.78 is 0.693. The summed E-state index contributed by atoms with van der Waals surface area (Å²) in [4.78, 5) is 26.6. The number of hydrogen-bond acceptors (Lipinski definition) is 5. The molecule has 0 bridgehead atoms. The van der Waals surface area contributed by atoms with Gasteiger partial charge in [0.15, 0.2) is 11.6 Å². The lowest BCUT2D eigenvalue weighted by Crippen LogP contribution is -2.23. The Morgan fingerprint density at radius 3 is 2.14 bits per heavy atom. The summed E-state index contributed by atoms with van der Waals surface area (Å²) in [5, 5.41) is 15.4. The van der Waals surface area contributed by atoms with Crippen molar-refractivity contribution in [3.05, 3.63) is 86.9 Å². The lowest BCUT2D eigenvalue weighted by atomic mass is 9.82. The molecule has 0 aliphatic heterocycles. The zero-order valence-electron chi connectivity index (χ0n) is 15.8. The summed E-state index contributed by atoms with van der Waals surface area (Å²) in [6.07, 6.45) is 0.585. The predicted molar refractivity (Wildman–Crippen MR) is 118 cm³/mol. The lowest BCUT2D eigenvalue weighted by molar-refractivity contribution is 0.0980. The summed E-state index contributed by atoms with van der Waals surface area (Å²) in [6, 6.07) is 16.3. The molecule has 0 fully saturated rings. The van der Waals surface area contributed by atoms with Gasteiger partial charge in [-0.15, -0.1) is 0 Å². The van der Waals surface area contributed by atoms with Crippen molar-refractivity contribution in [2.24, 2.45) is 0 Å². The third-order valence-corrected chi connectivity index (χ3v) is 5.66. The molecule has 0 saturated carbocycles. The van der Waals surface area contributed by atoms with Crippen molar-refractivity contribution in [1.82, 2.24) is 0 Å². The van der Waals surface area contributed by atoms with Crippen molar-refractivity contribution in [2.75, 3.05) is 24.3 Å². The van der Waals surface area contributed by atoms with Crippen LogP contribution in [0.15, 0.2) is 59.1 Å². The average Bonchev–Trinajstić information content (AvgIpc) is 2.73. The van der Waals surface area contributed by atoms with E-state index in [-0.39, 0.29) is 18.2 Å². The van der Waals surface area contributed by atoms with Crippen molar-refractivity contribution in [3.8, 4) is 0 Å². The van der Waals surface area contributed by atoms with E-state index < -0.39 is 0 Å². The molecule has 5 nitrogen and oxygen atoms in total. The van der Waals surface area contributed by atoms with E-state index in [2.05, 4.69) is 26.6 Å². The number of ketones is 2. The van der Waals surface area contributed by atoms with E-state index in [9.17, 15) is 9.59 Å². The number of benzene rings is 3. The van der Waals surface area contributed by atoms with E-state index in [1.165, 1.54) is 0 Å². The van der Waals surface area contributed by atoms with Gasteiger partial charge in [-0.25, -0.2) is 0 Å². The highest BCUT2D eigenvalue weighted by Gasteiger charge is 2.34. The van der Waals surface area contributed by atoms with Crippen molar-refractivity contribution in [1.29, 1.82) is 0 Å². The van der Waals surface area contributed by atoms with E-state index in [1.807, 2.05) is 30.3 Å². The maximum absolute atomic E-state index is 13.3. The minimum atomic E-state index is -0.182. The van der Waals surface area contributed by atoms with Crippen molar-refractivity contribution < 1.29 is 14.7 Å². The zero-order valence-corrected chi connectivity index (χ0v) is 17.3. The third kappa shape index (κ3) is 3.34. The second-order valence-electron chi connectivity index (χ2n) is 6.78. The van der Waals surface area contributed by atoms with E-state index in [0.29, 0.717) is 44.5 Å². The molecule has 3 aromatic rings. The Morgan fingerprint density at radius 1 is 0.931 bits per heavy atom. The summed E-state index contributed by atoms with van der Waals surface area (Å²) in [5.41, 5.74) is 4.52. The molecule has 1 aliphatic rings. The van der Waals surface area contributed by atoms with Crippen LogP contribution in [0.4, 0.5) is 17.1 Å². The first-order valence-corrected chi connectivity index (χ1v) is 10.0. The van der Waals surface area contributed by atoms with Crippen molar-refractivity contribution in [2.45, 2.75) is 6.42 Å². The average molecular weight is 451 g/mol. The van der Waals surface area contributed by atoms with Crippen molar-refractivity contribution >= 4 is 44.6 Å². The molecule has 3 N–H and O–H groups in total. The van der Waals surface area contributed by atoms with Gasteiger partial charge in [-0.05, 0) is 46.1 Å². The van der Waals surface area contributed by atoms with Crippen LogP contribution < -0.4 is 10.6 Å². The van der Waals surface area contributed by atoms with Gasteiger partial charge in [-0.1, -0.05) is 36.4 Å². The number of halogens is 1. The standard InChI is InChI=1S/C23H19BrN2O3/c1-25-21-17(24)12-18(26-14-8-6-13(7-9-14)10-11-27)19-20(21)23(29)16-5-3-2-4-15(16)22(19)28/h2-9,12,25-27H,10-11H2,1H3. The minimum absolute atomic E-state index is 0.0920. The summed E-state index contributed by atoms with van der Waals surface area (Å²) in [7, 11) is 1.73. The molecule has 146 valence electrons. The number of aliphatic hydroxyl groups is 1. The number of carbonyl (C=O) groups excluding carboxylic acids is 2. The van der Waals surface area contributed by atoms with E-state index >= 15 is 0 Å². The quantitative estimate of drug-likeness (QED) is 0.415. The molecular weight excluding hydrogens is 432 g/mol. The van der Waals surface area contributed by atoms with E-state index in [1.54, 1.807) is 31.3 Å². The van der Waals surface area contributed by atoms with Gasteiger partial charge < -0.3 is 15.7 Å². The van der Waals surface area contributed by atoms with E-state index in [0.717, 1.165) is 11.3 Å². The largest absolute Gasteiger partial charge is 0.396 e. The molecule has 0 aromatic heterocycles. The topological polar surface area (TPSA) is 78.4 Å². The number of nitrogens with one attached hydrogen (secondary N) is 2. The number of aliphatic hydroxyl groups excluding tert-OH is 1. The Balaban J connectivity index is 1.85. The summed E-state index contributed by atoms with van der Waals surface area (Å²) in [5.74, 6) is -0.360. The summed E-state index contributed by atoms with van der Waals surface area (Å²) >= 11 is 3.53. The van der Waals surface area contributed by atoms with Crippen LogP contribution in [0.5, 0.6) is 0 Å². The highest BCUT2D eigenvalue weighted by atomic mass is 79.9. The Morgan fingerprint density at radius 2 is 1.55 bits per heavy atom. The first kappa shape index (κ1) is 19.4. The highest BCUT2D eigenvalue weighted by molar-refractivity contribution is 9.10. The second-order valence-corrected chi connectivity index (χ2v) is 7.63.